The summed E-state index contributed by atoms with van der Waals surface area (Å²) in [6.07, 6.45) is 3.65. The molecule has 1 heterocycles. The fourth-order valence-electron chi connectivity index (χ4n) is 1.97. The third kappa shape index (κ3) is 3.28. The maximum absolute atomic E-state index is 11.6. The predicted molar refractivity (Wildman–Crippen MR) is 79.6 cm³/mol. The first-order chi connectivity index (χ1) is 9.60. The molecule has 0 saturated heterocycles. The number of hydrogen-bond acceptors (Lipinski definition) is 4. The monoisotopic (exact) mass is 273 g/mol. The van der Waals surface area contributed by atoms with Crippen LogP contribution < -0.4 is 16.4 Å². The van der Waals surface area contributed by atoms with E-state index in [9.17, 15) is 4.79 Å². The molecule has 0 radical (unpaired) electrons. The number of benzene rings is 1. The Bertz CT molecular complexity index is 579. The summed E-state index contributed by atoms with van der Waals surface area (Å²) in [5.74, 6) is -0.132. The van der Waals surface area contributed by atoms with E-state index >= 15 is 0 Å². The molecule has 0 aliphatic heterocycles. The molecule has 0 bridgehead atoms. The molecule has 6 heteroatoms. The van der Waals surface area contributed by atoms with Gasteiger partial charge in [0.15, 0.2) is 0 Å². The van der Waals surface area contributed by atoms with Crippen LogP contribution in [0.15, 0.2) is 36.7 Å². The zero-order valence-electron chi connectivity index (χ0n) is 11.6. The van der Waals surface area contributed by atoms with Crippen molar-refractivity contribution in [3.05, 3.63) is 42.2 Å². The van der Waals surface area contributed by atoms with Crippen LogP contribution in [0.5, 0.6) is 0 Å². The molecule has 1 aromatic heterocycles. The Balaban J connectivity index is 2.09. The van der Waals surface area contributed by atoms with Gasteiger partial charge in [-0.05, 0) is 31.2 Å². The summed E-state index contributed by atoms with van der Waals surface area (Å²) in [5.41, 5.74) is 7.89. The van der Waals surface area contributed by atoms with Crippen molar-refractivity contribution in [2.45, 2.75) is 19.5 Å². The van der Waals surface area contributed by atoms with Crippen molar-refractivity contribution in [1.29, 1.82) is 0 Å². The van der Waals surface area contributed by atoms with E-state index in [1.807, 2.05) is 23.9 Å². The van der Waals surface area contributed by atoms with Crippen molar-refractivity contribution < 1.29 is 4.79 Å². The molecule has 2 aromatic rings. The number of amides is 1. The number of carbonyl (C=O) groups is 1. The van der Waals surface area contributed by atoms with Crippen LogP contribution in [0.25, 0.3) is 0 Å². The predicted octanol–water partition coefficient (Wildman–Crippen LogP) is 1.33. The highest BCUT2D eigenvalue weighted by molar-refractivity contribution is 5.96. The van der Waals surface area contributed by atoms with Crippen molar-refractivity contribution in [2.75, 3.05) is 18.1 Å². The first-order valence-electron chi connectivity index (χ1n) is 6.45. The van der Waals surface area contributed by atoms with Crippen molar-refractivity contribution in [2.24, 2.45) is 0 Å². The second-order valence-corrected chi connectivity index (χ2v) is 4.65. The maximum Gasteiger partial charge on any atom is 0.251 e. The van der Waals surface area contributed by atoms with Gasteiger partial charge >= 0.3 is 0 Å². The third-order valence-electron chi connectivity index (χ3n) is 2.96. The van der Waals surface area contributed by atoms with Crippen LogP contribution >= 0.6 is 0 Å². The SMILES string of the molecule is CNC(=O)c1ccc(N)c(NC(C)Cn2cccn2)c1. The first kappa shape index (κ1) is 13.9. The largest absolute Gasteiger partial charge is 0.397 e. The van der Waals surface area contributed by atoms with E-state index in [4.69, 9.17) is 5.73 Å². The highest BCUT2D eigenvalue weighted by Crippen LogP contribution is 2.21. The van der Waals surface area contributed by atoms with Crippen LogP contribution in [-0.2, 0) is 6.54 Å². The lowest BCUT2D eigenvalue weighted by Crippen LogP contribution is -2.23. The average molecular weight is 273 g/mol. The van der Waals surface area contributed by atoms with Gasteiger partial charge in [0.05, 0.1) is 17.9 Å². The molecule has 0 spiro atoms. The smallest absolute Gasteiger partial charge is 0.251 e. The van der Waals surface area contributed by atoms with Crippen molar-refractivity contribution >= 4 is 17.3 Å². The van der Waals surface area contributed by atoms with Gasteiger partial charge in [-0.25, -0.2) is 0 Å². The van der Waals surface area contributed by atoms with Crippen molar-refractivity contribution in [3.8, 4) is 0 Å². The Kier molecular flexibility index (Phi) is 4.24. The highest BCUT2D eigenvalue weighted by atomic mass is 16.1. The summed E-state index contributed by atoms with van der Waals surface area (Å²) < 4.78 is 1.84. The number of carbonyl (C=O) groups excluding carboxylic acids is 1. The minimum Gasteiger partial charge on any atom is -0.397 e. The molecule has 6 nitrogen and oxygen atoms in total. The Hall–Kier alpha value is -2.50. The number of aromatic nitrogens is 2. The van der Waals surface area contributed by atoms with Gasteiger partial charge in [-0.2, -0.15) is 5.10 Å². The summed E-state index contributed by atoms with van der Waals surface area (Å²) in [7, 11) is 1.60. The van der Waals surface area contributed by atoms with E-state index in [0.29, 0.717) is 11.3 Å². The quantitative estimate of drug-likeness (QED) is 0.717. The summed E-state index contributed by atoms with van der Waals surface area (Å²) in [5, 5.41) is 10.1. The van der Waals surface area contributed by atoms with E-state index in [-0.39, 0.29) is 11.9 Å². The lowest BCUT2D eigenvalue weighted by atomic mass is 10.1. The van der Waals surface area contributed by atoms with Gasteiger partial charge in [0.25, 0.3) is 5.91 Å². The molecule has 1 amide bonds. The van der Waals surface area contributed by atoms with Crippen LogP contribution in [0, 0.1) is 0 Å². The van der Waals surface area contributed by atoms with Crippen LogP contribution in [-0.4, -0.2) is 28.8 Å². The van der Waals surface area contributed by atoms with Gasteiger partial charge in [0.2, 0.25) is 0 Å². The Morgan fingerprint density at radius 1 is 1.50 bits per heavy atom. The fraction of sp³-hybridized carbons (Fsp3) is 0.286. The molecule has 1 unspecified atom stereocenters. The zero-order chi connectivity index (χ0) is 14.5. The average Bonchev–Trinajstić information content (AvgIpc) is 2.93. The summed E-state index contributed by atoms with van der Waals surface area (Å²) in [6, 6.07) is 7.21. The molecule has 1 atom stereocenters. The van der Waals surface area contributed by atoms with E-state index < -0.39 is 0 Å². The van der Waals surface area contributed by atoms with Crippen LogP contribution in [0.3, 0.4) is 0 Å². The van der Waals surface area contributed by atoms with Crippen LogP contribution in [0.2, 0.25) is 0 Å². The number of nitrogens with two attached hydrogens (primary N) is 1. The molecule has 1 aromatic carbocycles. The van der Waals surface area contributed by atoms with Gasteiger partial charge in [-0.1, -0.05) is 0 Å². The van der Waals surface area contributed by atoms with Crippen molar-refractivity contribution in [3.63, 3.8) is 0 Å². The van der Waals surface area contributed by atoms with Crippen LogP contribution in [0.1, 0.15) is 17.3 Å². The minimum atomic E-state index is -0.132. The Labute approximate surface area is 118 Å². The summed E-state index contributed by atoms with van der Waals surface area (Å²) in [4.78, 5) is 11.6. The second kappa shape index (κ2) is 6.10. The number of nitrogens with one attached hydrogen (secondary N) is 2. The topological polar surface area (TPSA) is 85.0 Å². The molecular formula is C14H19N5O. The number of hydrogen-bond donors (Lipinski definition) is 3. The molecule has 0 fully saturated rings. The van der Waals surface area contributed by atoms with Gasteiger partial charge < -0.3 is 16.4 Å². The van der Waals surface area contributed by atoms with Crippen LogP contribution in [0.4, 0.5) is 11.4 Å². The van der Waals surface area contributed by atoms with Gasteiger partial charge in [-0.15, -0.1) is 0 Å². The lowest BCUT2D eigenvalue weighted by molar-refractivity contribution is 0.0963. The van der Waals surface area contributed by atoms with E-state index in [2.05, 4.69) is 15.7 Å². The number of nitrogens with zero attached hydrogens (tertiary/aromatic N) is 2. The number of nitrogen functional groups attached to an aromatic ring is 1. The number of anilines is 2. The molecule has 20 heavy (non-hydrogen) atoms. The Morgan fingerprint density at radius 2 is 2.30 bits per heavy atom. The molecule has 2 rings (SSSR count). The van der Waals surface area contributed by atoms with Gasteiger partial charge in [-0.3, -0.25) is 9.48 Å². The maximum atomic E-state index is 11.6. The molecule has 0 aliphatic rings. The molecule has 0 aliphatic carbocycles. The third-order valence-corrected chi connectivity index (χ3v) is 2.96. The summed E-state index contributed by atoms with van der Waals surface area (Å²) >= 11 is 0. The van der Waals surface area contributed by atoms with E-state index in [1.165, 1.54) is 0 Å². The summed E-state index contributed by atoms with van der Waals surface area (Å²) in [6.45, 7) is 2.75. The zero-order valence-corrected chi connectivity index (χ0v) is 11.6. The normalized spacial score (nSPS) is 11.9. The molecular weight excluding hydrogens is 254 g/mol. The van der Waals surface area contributed by atoms with Crippen molar-refractivity contribution in [1.82, 2.24) is 15.1 Å². The minimum absolute atomic E-state index is 0.132. The lowest BCUT2D eigenvalue weighted by Gasteiger charge is -2.17. The Morgan fingerprint density at radius 3 is 2.95 bits per heavy atom. The van der Waals surface area contributed by atoms with Gasteiger partial charge in [0.1, 0.15) is 0 Å². The molecule has 106 valence electrons. The molecule has 4 N–H and O–H groups in total. The van der Waals surface area contributed by atoms with Gasteiger partial charge in [0, 0.05) is 31.0 Å². The van der Waals surface area contributed by atoms with E-state index in [1.54, 1.807) is 31.4 Å². The second-order valence-electron chi connectivity index (χ2n) is 4.65. The highest BCUT2D eigenvalue weighted by Gasteiger charge is 2.09. The molecule has 0 saturated carbocycles. The first-order valence-corrected chi connectivity index (χ1v) is 6.45. The fourth-order valence-corrected chi connectivity index (χ4v) is 1.97. The standard InChI is InChI=1S/C14H19N5O/c1-10(9-19-7-3-6-17-19)18-13-8-11(14(20)16-2)4-5-12(13)15/h3-8,10,18H,9,15H2,1-2H3,(H,16,20). The number of rotatable bonds is 5. The van der Waals surface area contributed by atoms with E-state index in [0.717, 1.165) is 12.2 Å².